The molecule has 0 fully saturated rings. The minimum atomic E-state index is -0.268. The molecule has 1 N–H and O–H groups in total. The predicted molar refractivity (Wildman–Crippen MR) is 89.8 cm³/mol. The number of thiophene rings is 1. The number of hydrogen-bond acceptors (Lipinski definition) is 5. The second-order valence-corrected chi connectivity index (χ2v) is 6.11. The molecular weight excluding hydrogens is 314 g/mol. The summed E-state index contributed by atoms with van der Waals surface area (Å²) in [6.45, 7) is 3.35. The van der Waals surface area contributed by atoms with E-state index < -0.39 is 0 Å². The number of ether oxygens (including phenoxy) is 2. The van der Waals surface area contributed by atoms with Gasteiger partial charge in [-0.05, 0) is 44.2 Å². The Kier molecular flexibility index (Phi) is 5.39. The van der Waals surface area contributed by atoms with Crippen molar-refractivity contribution in [1.82, 2.24) is 5.32 Å². The van der Waals surface area contributed by atoms with Crippen molar-refractivity contribution in [3.05, 3.63) is 45.6 Å². The molecule has 1 atom stereocenters. The first-order valence-corrected chi connectivity index (χ1v) is 7.91. The van der Waals surface area contributed by atoms with Crippen LogP contribution in [0.25, 0.3) is 0 Å². The minimum Gasteiger partial charge on any atom is -0.497 e. The Balaban J connectivity index is 2.18. The Labute approximate surface area is 139 Å². The zero-order valence-corrected chi connectivity index (χ0v) is 14.3. The number of benzene rings is 1. The van der Waals surface area contributed by atoms with Gasteiger partial charge in [0.05, 0.1) is 30.0 Å². The summed E-state index contributed by atoms with van der Waals surface area (Å²) >= 11 is 1.19. The van der Waals surface area contributed by atoms with Crippen LogP contribution in [-0.4, -0.2) is 25.9 Å². The number of rotatable bonds is 6. The van der Waals surface area contributed by atoms with Crippen LogP contribution in [0.5, 0.6) is 11.5 Å². The van der Waals surface area contributed by atoms with Crippen LogP contribution in [0.4, 0.5) is 0 Å². The fourth-order valence-corrected chi connectivity index (χ4v) is 2.98. The average Bonchev–Trinajstić information content (AvgIpc) is 3.04. The van der Waals surface area contributed by atoms with Crippen LogP contribution in [0.3, 0.4) is 0 Å². The molecule has 0 saturated heterocycles. The maximum absolute atomic E-state index is 12.3. The lowest BCUT2D eigenvalue weighted by Gasteiger charge is -2.18. The number of carbonyl (C=O) groups is 2. The molecule has 0 saturated carbocycles. The van der Waals surface area contributed by atoms with E-state index in [0.717, 1.165) is 5.56 Å². The molecule has 1 amide bonds. The quantitative estimate of drug-likeness (QED) is 0.822. The van der Waals surface area contributed by atoms with Gasteiger partial charge < -0.3 is 14.8 Å². The van der Waals surface area contributed by atoms with E-state index in [0.29, 0.717) is 21.3 Å². The number of methoxy groups -OCH3 is 2. The first-order valence-electron chi connectivity index (χ1n) is 7.09. The van der Waals surface area contributed by atoms with Crippen LogP contribution < -0.4 is 14.8 Å². The molecule has 1 aromatic heterocycles. The lowest BCUT2D eigenvalue weighted by Crippen LogP contribution is -2.26. The Hall–Kier alpha value is -2.34. The third kappa shape index (κ3) is 3.90. The average molecular weight is 333 g/mol. The van der Waals surface area contributed by atoms with Crippen LogP contribution in [-0.2, 0) is 0 Å². The van der Waals surface area contributed by atoms with Crippen LogP contribution in [0.1, 0.15) is 44.8 Å². The zero-order chi connectivity index (χ0) is 17.0. The fraction of sp³-hybridized carbons (Fsp3) is 0.294. The number of hydrogen-bond donors (Lipinski definition) is 1. The van der Waals surface area contributed by atoms with Crippen molar-refractivity contribution in [2.45, 2.75) is 19.9 Å². The molecule has 0 aliphatic rings. The van der Waals surface area contributed by atoms with Crippen LogP contribution in [0.2, 0.25) is 0 Å². The molecule has 5 nitrogen and oxygen atoms in total. The van der Waals surface area contributed by atoms with Crippen LogP contribution >= 0.6 is 11.3 Å². The molecule has 0 aliphatic heterocycles. The summed E-state index contributed by atoms with van der Waals surface area (Å²) in [5.74, 6) is 1.10. The van der Waals surface area contributed by atoms with Crippen molar-refractivity contribution in [2.24, 2.45) is 0 Å². The molecule has 2 aromatic rings. The Morgan fingerprint density at radius 3 is 2.35 bits per heavy atom. The van der Waals surface area contributed by atoms with E-state index >= 15 is 0 Å². The summed E-state index contributed by atoms with van der Waals surface area (Å²) in [4.78, 5) is 24.7. The van der Waals surface area contributed by atoms with Gasteiger partial charge in [-0.1, -0.05) is 0 Å². The molecule has 6 heteroatoms. The Morgan fingerprint density at radius 2 is 1.78 bits per heavy atom. The first kappa shape index (κ1) is 17.0. The highest BCUT2D eigenvalue weighted by molar-refractivity contribution is 7.15. The largest absolute Gasteiger partial charge is 0.497 e. The van der Waals surface area contributed by atoms with Crippen LogP contribution in [0.15, 0.2) is 30.3 Å². The van der Waals surface area contributed by atoms with Gasteiger partial charge in [-0.3, -0.25) is 9.59 Å². The van der Waals surface area contributed by atoms with Gasteiger partial charge in [0.1, 0.15) is 11.5 Å². The normalized spacial score (nSPS) is 11.7. The van der Waals surface area contributed by atoms with Gasteiger partial charge in [0.2, 0.25) is 0 Å². The number of nitrogens with one attached hydrogen (secondary N) is 1. The smallest absolute Gasteiger partial charge is 0.261 e. The molecule has 0 aliphatic carbocycles. The molecule has 0 spiro atoms. The number of amides is 1. The molecule has 0 bridgehead atoms. The predicted octanol–water partition coefficient (Wildman–Crippen LogP) is 3.46. The van der Waals surface area contributed by atoms with E-state index in [1.165, 1.54) is 18.3 Å². The monoisotopic (exact) mass is 333 g/mol. The zero-order valence-electron chi connectivity index (χ0n) is 13.5. The Bertz CT molecular complexity index is 723. The summed E-state index contributed by atoms with van der Waals surface area (Å²) in [6.07, 6.45) is 0. The van der Waals surface area contributed by atoms with E-state index in [9.17, 15) is 9.59 Å². The standard InChI is InChI=1S/C17H19NO4S/c1-10(13-9-12(21-3)5-6-14(13)22-4)18-17(20)16-8-7-15(23-16)11(2)19/h5-10H,1-4H3,(H,18,20)/t10-/m0/s1. The summed E-state index contributed by atoms with van der Waals surface area (Å²) in [6, 6.07) is 8.49. The van der Waals surface area contributed by atoms with Gasteiger partial charge in [-0.15, -0.1) is 11.3 Å². The third-order valence-electron chi connectivity index (χ3n) is 3.43. The fourth-order valence-electron chi connectivity index (χ4n) is 2.17. The molecule has 1 aromatic carbocycles. The van der Waals surface area contributed by atoms with E-state index in [4.69, 9.17) is 9.47 Å². The highest BCUT2D eigenvalue weighted by atomic mass is 32.1. The molecule has 0 unspecified atom stereocenters. The van der Waals surface area contributed by atoms with Crippen LogP contribution in [0, 0.1) is 0 Å². The van der Waals surface area contributed by atoms with Gasteiger partial charge in [-0.2, -0.15) is 0 Å². The second-order valence-electron chi connectivity index (χ2n) is 5.02. The lowest BCUT2D eigenvalue weighted by atomic mass is 10.1. The molecule has 23 heavy (non-hydrogen) atoms. The van der Waals surface area contributed by atoms with Gasteiger partial charge in [-0.25, -0.2) is 0 Å². The van der Waals surface area contributed by atoms with E-state index in [1.54, 1.807) is 38.5 Å². The number of carbonyl (C=O) groups excluding carboxylic acids is 2. The summed E-state index contributed by atoms with van der Waals surface area (Å²) in [5.41, 5.74) is 0.823. The molecule has 122 valence electrons. The topological polar surface area (TPSA) is 64.6 Å². The SMILES string of the molecule is COc1ccc(OC)c([C@H](C)NC(=O)c2ccc(C(C)=O)s2)c1. The number of Topliss-reactive ketones (excluding diaryl/α,β-unsaturated/α-hetero) is 1. The van der Waals surface area contributed by atoms with Gasteiger partial charge in [0, 0.05) is 5.56 Å². The van der Waals surface area contributed by atoms with Gasteiger partial charge >= 0.3 is 0 Å². The second kappa shape index (κ2) is 7.28. The molecular formula is C17H19NO4S. The summed E-state index contributed by atoms with van der Waals surface area (Å²) in [7, 11) is 3.17. The molecule has 0 radical (unpaired) electrons. The number of ketones is 1. The van der Waals surface area contributed by atoms with Crippen molar-refractivity contribution in [2.75, 3.05) is 14.2 Å². The van der Waals surface area contributed by atoms with Crippen molar-refractivity contribution in [3.63, 3.8) is 0 Å². The summed E-state index contributed by atoms with van der Waals surface area (Å²) in [5, 5.41) is 2.92. The van der Waals surface area contributed by atoms with E-state index in [2.05, 4.69) is 5.32 Å². The maximum Gasteiger partial charge on any atom is 0.261 e. The van der Waals surface area contributed by atoms with Crippen molar-refractivity contribution in [3.8, 4) is 11.5 Å². The summed E-state index contributed by atoms with van der Waals surface area (Å²) < 4.78 is 10.6. The lowest BCUT2D eigenvalue weighted by molar-refractivity contribution is 0.0943. The van der Waals surface area contributed by atoms with Gasteiger partial charge in [0.25, 0.3) is 5.91 Å². The Morgan fingerprint density at radius 1 is 1.09 bits per heavy atom. The van der Waals surface area contributed by atoms with Crippen molar-refractivity contribution < 1.29 is 19.1 Å². The van der Waals surface area contributed by atoms with Crippen molar-refractivity contribution >= 4 is 23.0 Å². The highest BCUT2D eigenvalue weighted by Gasteiger charge is 2.18. The van der Waals surface area contributed by atoms with Gasteiger partial charge in [0.15, 0.2) is 5.78 Å². The molecule has 2 rings (SSSR count). The highest BCUT2D eigenvalue weighted by Crippen LogP contribution is 2.29. The van der Waals surface area contributed by atoms with E-state index in [1.807, 2.05) is 13.0 Å². The van der Waals surface area contributed by atoms with Crippen molar-refractivity contribution in [1.29, 1.82) is 0 Å². The first-order chi connectivity index (χ1) is 11.0. The maximum atomic E-state index is 12.3. The minimum absolute atomic E-state index is 0.0448. The third-order valence-corrected chi connectivity index (χ3v) is 4.61. The molecule has 1 heterocycles. The van der Waals surface area contributed by atoms with E-state index in [-0.39, 0.29) is 17.7 Å².